The SMILES string of the molecule is c1ccc(-c2ccc(CCc3ccc(-c4ccccc4)s3)s2)cc1. The summed E-state index contributed by atoms with van der Waals surface area (Å²) in [5, 5.41) is 0. The molecule has 2 heteroatoms. The lowest BCUT2D eigenvalue weighted by molar-refractivity contribution is 1.00. The molecule has 0 nitrogen and oxygen atoms in total. The van der Waals surface area contributed by atoms with Gasteiger partial charge in [0.25, 0.3) is 0 Å². The molecule has 2 heterocycles. The second kappa shape index (κ2) is 7.16. The van der Waals surface area contributed by atoms with Gasteiger partial charge in [-0.3, -0.25) is 0 Å². The molecule has 2 aromatic carbocycles. The van der Waals surface area contributed by atoms with E-state index >= 15 is 0 Å². The van der Waals surface area contributed by atoms with Crippen molar-refractivity contribution in [2.45, 2.75) is 12.8 Å². The van der Waals surface area contributed by atoms with E-state index in [1.54, 1.807) is 0 Å². The smallest absolute Gasteiger partial charge is 0.0345 e. The first-order chi connectivity index (χ1) is 11.9. The van der Waals surface area contributed by atoms with Crippen molar-refractivity contribution in [3.05, 3.63) is 94.7 Å². The highest BCUT2D eigenvalue weighted by Crippen LogP contribution is 2.31. The Labute approximate surface area is 151 Å². The fourth-order valence-corrected chi connectivity index (χ4v) is 4.81. The van der Waals surface area contributed by atoms with Crippen LogP contribution < -0.4 is 0 Å². The van der Waals surface area contributed by atoms with Gasteiger partial charge in [-0.05, 0) is 48.2 Å². The Kier molecular flexibility index (Phi) is 4.59. The summed E-state index contributed by atoms with van der Waals surface area (Å²) < 4.78 is 0. The molecule has 0 saturated heterocycles. The molecule has 0 N–H and O–H groups in total. The largest absolute Gasteiger partial charge is 0.140 e. The fourth-order valence-electron chi connectivity index (χ4n) is 2.79. The quantitative estimate of drug-likeness (QED) is 0.367. The average Bonchev–Trinajstić information content (AvgIpc) is 3.31. The van der Waals surface area contributed by atoms with Gasteiger partial charge in [0.1, 0.15) is 0 Å². The van der Waals surface area contributed by atoms with Gasteiger partial charge < -0.3 is 0 Å². The molecule has 0 aliphatic heterocycles. The van der Waals surface area contributed by atoms with Crippen molar-refractivity contribution in [2.75, 3.05) is 0 Å². The van der Waals surface area contributed by atoms with Crippen molar-refractivity contribution < 1.29 is 0 Å². The molecule has 0 amide bonds. The maximum absolute atomic E-state index is 2.28. The molecule has 118 valence electrons. The summed E-state index contributed by atoms with van der Waals surface area (Å²) >= 11 is 3.83. The molecular weight excluding hydrogens is 328 g/mol. The summed E-state index contributed by atoms with van der Waals surface area (Å²) in [7, 11) is 0. The van der Waals surface area contributed by atoms with Gasteiger partial charge in [-0.15, -0.1) is 22.7 Å². The highest BCUT2D eigenvalue weighted by atomic mass is 32.1. The van der Waals surface area contributed by atoms with E-state index in [2.05, 4.69) is 84.9 Å². The Morgan fingerprint density at radius 2 is 0.875 bits per heavy atom. The van der Waals surface area contributed by atoms with E-state index < -0.39 is 0 Å². The molecule has 0 fully saturated rings. The normalized spacial score (nSPS) is 10.8. The van der Waals surface area contributed by atoms with Gasteiger partial charge in [0.15, 0.2) is 0 Å². The Bertz CT molecular complexity index is 824. The molecule has 0 bridgehead atoms. The molecule has 24 heavy (non-hydrogen) atoms. The lowest BCUT2D eigenvalue weighted by Crippen LogP contribution is -1.83. The first-order valence-corrected chi connectivity index (χ1v) is 9.80. The molecule has 0 saturated carbocycles. The molecule has 0 aliphatic carbocycles. The van der Waals surface area contributed by atoms with E-state index in [-0.39, 0.29) is 0 Å². The summed E-state index contributed by atoms with van der Waals surface area (Å²) in [4.78, 5) is 5.65. The predicted molar refractivity (Wildman–Crippen MR) is 107 cm³/mol. The van der Waals surface area contributed by atoms with E-state index in [4.69, 9.17) is 0 Å². The van der Waals surface area contributed by atoms with Crippen molar-refractivity contribution in [3.63, 3.8) is 0 Å². The molecule has 0 spiro atoms. The molecule has 0 atom stereocenters. The standard InChI is InChI=1S/C22H18S2/c1-3-7-17(8-4-1)21-15-13-19(23-21)11-12-20-14-16-22(24-20)18-9-5-2-6-10-18/h1-10,13-16H,11-12H2. The highest BCUT2D eigenvalue weighted by Gasteiger charge is 2.06. The lowest BCUT2D eigenvalue weighted by Gasteiger charge is -1.97. The first-order valence-electron chi connectivity index (χ1n) is 8.17. The number of hydrogen-bond donors (Lipinski definition) is 0. The lowest BCUT2D eigenvalue weighted by atomic mass is 10.2. The van der Waals surface area contributed by atoms with Gasteiger partial charge in [-0.1, -0.05) is 60.7 Å². The second-order valence-corrected chi connectivity index (χ2v) is 8.10. The number of benzene rings is 2. The Balaban J connectivity index is 1.43. The topological polar surface area (TPSA) is 0 Å². The van der Waals surface area contributed by atoms with Gasteiger partial charge in [0.2, 0.25) is 0 Å². The van der Waals surface area contributed by atoms with E-state index in [0.717, 1.165) is 12.8 Å². The number of thiophene rings is 2. The van der Waals surface area contributed by atoms with Crippen LogP contribution in [0.2, 0.25) is 0 Å². The monoisotopic (exact) mass is 346 g/mol. The van der Waals surface area contributed by atoms with Crippen LogP contribution in [0.4, 0.5) is 0 Å². The number of aryl methyl sites for hydroxylation is 2. The van der Waals surface area contributed by atoms with Gasteiger partial charge in [0.05, 0.1) is 0 Å². The van der Waals surface area contributed by atoms with Gasteiger partial charge in [-0.2, -0.15) is 0 Å². The van der Waals surface area contributed by atoms with Crippen LogP contribution in [0.5, 0.6) is 0 Å². The minimum atomic E-state index is 1.12. The molecule has 0 unspecified atom stereocenters. The molecule has 4 aromatic rings. The van der Waals surface area contributed by atoms with Crippen LogP contribution in [0.3, 0.4) is 0 Å². The minimum Gasteiger partial charge on any atom is -0.140 e. The third-order valence-electron chi connectivity index (χ3n) is 4.06. The minimum absolute atomic E-state index is 1.12. The summed E-state index contributed by atoms with van der Waals surface area (Å²) in [6, 6.07) is 30.3. The maximum Gasteiger partial charge on any atom is 0.0345 e. The van der Waals surface area contributed by atoms with Crippen LogP contribution in [0.1, 0.15) is 9.75 Å². The molecule has 0 radical (unpaired) electrons. The molecule has 2 aromatic heterocycles. The molecule has 4 rings (SSSR count). The van der Waals surface area contributed by atoms with Crippen molar-refractivity contribution in [1.82, 2.24) is 0 Å². The number of rotatable bonds is 5. The zero-order valence-corrected chi connectivity index (χ0v) is 14.9. The highest BCUT2D eigenvalue weighted by molar-refractivity contribution is 7.16. The maximum atomic E-state index is 2.28. The third kappa shape index (κ3) is 3.50. The summed E-state index contributed by atoms with van der Waals surface area (Å²) in [6.45, 7) is 0. The van der Waals surface area contributed by atoms with E-state index in [0.29, 0.717) is 0 Å². The van der Waals surface area contributed by atoms with Crippen molar-refractivity contribution in [2.24, 2.45) is 0 Å². The summed E-state index contributed by atoms with van der Waals surface area (Å²) in [5.74, 6) is 0. The second-order valence-electron chi connectivity index (χ2n) is 5.76. The number of hydrogen-bond acceptors (Lipinski definition) is 2. The zero-order chi connectivity index (χ0) is 16.2. The Morgan fingerprint density at radius 3 is 1.29 bits per heavy atom. The average molecular weight is 347 g/mol. The summed E-state index contributed by atoms with van der Waals surface area (Å²) in [6.07, 6.45) is 2.23. The van der Waals surface area contributed by atoms with Gasteiger partial charge >= 0.3 is 0 Å². The van der Waals surface area contributed by atoms with Crippen LogP contribution in [-0.2, 0) is 12.8 Å². The van der Waals surface area contributed by atoms with Crippen LogP contribution in [0.15, 0.2) is 84.9 Å². The molecule has 0 aliphatic rings. The van der Waals surface area contributed by atoms with Crippen LogP contribution in [0.25, 0.3) is 20.9 Å². The van der Waals surface area contributed by atoms with Gasteiger partial charge in [0, 0.05) is 19.5 Å². The van der Waals surface area contributed by atoms with Crippen molar-refractivity contribution >= 4 is 22.7 Å². The zero-order valence-electron chi connectivity index (χ0n) is 13.3. The van der Waals surface area contributed by atoms with Crippen molar-refractivity contribution in [3.8, 4) is 20.9 Å². The molecular formula is C22H18S2. The first kappa shape index (κ1) is 15.4. The summed E-state index contributed by atoms with van der Waals surface area (Å²) in [5.41, 5.74) is 2.63. The van der Waals surface area contributed by atoms with Crippen molar-refractivity contribution in [1.29, 1.82) is 0 Å². The van der Waals surface area contributed by atoms with Crippen LogP contribution in [-0.4, -0.2) is 0 Å². The van der Waals surface area contributed by atoms with E-state index in [1.165, 1.54) is 30.6 Å². The van der Waals surface area contributed by atoms with Crippen LogP contribution >= 0.6 is 22.7 Å². The van der Waals surface area contributed by atoms with Crippen LogP contribution in [0, 0.1) is 0 Å². The van der Waals surface area contributed by atoms with E-state index in [1.807, 2.05) is 22.7 Å². The fraction of sp³-hybridized carbons (Fsp3) is 0.0909. The van der Waals surface area contributed by atoms with E-state index in [9.17, 15) is 0 Å². The Morgan fingerprint density at radius 1 is 0.458 bits per heavy atom. The third-order valence-corrected chi connectivity index (χ3v) is 6.45. The Hall–Kier alpha value is -2.16. The predicted octanol–water partition coefficient (Wildman–Crippen LogP) is 6.93. The van der Waals surface area contributed by atoms with Gasteiger partial charge in [-0.25, -0.2) is 0 Å².